The van der Waals surface area contributed by atoms with E-state index >= 15 is 0 Å². The van der Waals surface area contributed by atoms with E-state index < -0.39 is 16.8 Å². The summed E-state index contributed by atoms with van der Waals surface area (Å²) >= 11 is 0. The van der Waals surface area contributed by atoms with Crippen molar-refractivity contribution in [2.24, 2.45) is 0 Å². The number of rotatable bonds is 2. The Kier molecular flexibility index (Phi) is 3.14. The Balaban J connectivity index is 2.37. The number of hydrogen-bond donors (Lipinski definition) is 0. The lowest BCUT2D eigenvalue weighted by Gasteiger charge is -2.05. The molecule has 0 saturated carbocycles. The summed E-state index contributed by atoms with van der Waals surface area (Å²) in [6, 6.07) is 0. The molecule has 2 heterocycles. The highest BCUT2D eigenvalue weighted by molar-refractivity contribution is 7.84. The maximum absolute atomic E-state index is 11.5. The van der Waals surface area contributed by atoms with Crippen molar-refractivity contribution < 1.29 is 18.5 Å². The molecule has 2 bridgehead atoms. The van der Waals surface area contributed by atoms with Crippen LogP contribution in [0.3, 0.4) is 0 Å². The molecule has 0 aromatic carbocycles. The van der Waals surface area contributed by atoms with E-state index in [0.717, 1.165) is 0 Å². The minimum atomic E-state index is -1.26. The molecule has 0 spiro atoms. The first-order chi connectivity index (χ1) is 7.72. The zero-order valence-corrected chi connectivity index (χ0v) is 9.45. The topological polar surface area (TPSA) is 78.4 Å². The number of carbonyl (C=O) groups excluding carboxylic acids is 1. The van der Waals surface area contributed by atoms with Gasteiger partial charge in [0.05, 0.1) is 29.4 Å². The second kappa shape index (κ2) is 4.56. The molecule has 1 aliphatic rings. The molecular formula is C9H10N2O4S. The standard InChI is InChI=1S/C9H10N2O4S/c1-2-14-8(12)6-5-10-9-11-7(6)15-3-4-16(9)13/h5H,2-4H2,1H3. The fourth-order valence-corrected chi connectivity index (χ4v) is 2.00. The predicted molar refractivity (Wildman–Crippen MR) is 54.8 cm³/mol. The van der Waals surface area contributed by atoms with Gasteiger partial charge >= 0.3 is 5.97 Å². The maximum atomic E-state index is 11.5. The van der Waals surface area contributed by atoms with E-state index in [4.69, 9.17) is 9.47 Å². The quantitative estimate of drug-likeness (QED) is 0.542. The van der Waals surface area contributed by atoms with Crippen molar-refractivity contribution in [3.8, 4) is 5.88 Å². The summed E-state index contributed by atoms with van der Waals surface area (Å²) in [5.74, 6) is -0.0542. The van der Waals surface area contributed by atoms with Crippen molar-refractivity contribution in [2.45, 2.75) is 12.1 Å². The minimum Gasteiger partial charge on any atom is -0.476 e. The Bertz CT molecular complexity index is 449. The van der Waals surface area contributed by atoms with Crippen LogP contribution in [-0.2, 0) is 15.5 Å². The number of nitrogens with zero attached hydrogens (tertiary/aromatic N) is 2. The van der Waals surface area contributed by atoms with Gasteiger partial charge in [0.15, 0.2) is 0 Å². The molecule has 0 saturated heterocycles. The van der Waals surface area contributed by atoms with Gasteiger partial charge in [0, 0.05) is 0 Å². The third-order valence-corrected chi connectivity index (χ3v) is 3.08. The van der Waals surface area contributed by atoms with E-state index in [9.17, 15) is 9.00 Å². The van der Waals surface area contributed by atoms with Crippen LogP contribution in [-0.4, -0.2) is 39.1 Å². The first kappa shape index (κ1) is 11.0. The molecule has 0 fully saturated rings. The third-order valence-electron chi connectivity index (χ3n) is 1.94. The molecule has 1 aromatic heterocycles. The largest absolute Gasteiger partial charge is 0.476 e. The van der Waals surface area contributed by atoms with Crippen molar-refractivity contribution in [3.05, 3.63) is 11.8 Å². The molecule has 0 radical (unpaired) electrons. The Hall–Kier alpha value is -1.50. The normalized spacial score (nSPS) is 18.4. The van der Waals surface area contributed by atoms with Gasteiger partial charge in [-0.15, -0.1) is 0 Å². The summed E-state index contributed by atoms with van der Waals surface area (Å²) in [5.41, 5.74) is 0.171. The average Bonchev–Trinajstić information content (AvgIpc) is 2.41. The Morgan fingerprint density at radius 2 is 2.50 bits per heavy atom. The summed E-state index contributed by atoms with van der Waals surface area (Å²) in [6.45, 7) is 2.23. The molecular weight excluding hydrogens is 232 g/mol. The molecule has 16 heavy (non-hydrogen) atoms. The number of ether oxygens (including phenoxy) is 2. The van der Waals surface area contributed by atoms with Crippen molar-refractivity contribution in [1.82, 2.24) is 9.97 Å². The summed E-state index contributed by atoms with van der Waals surface area (Å²) in [4.78, 5) is 19.3. The monoisotopic (exact) mass is 242 g/mol. The lowest BCUT2D eigenvalue weighted by atomic mass is 10.3. The highest BCUT2D eigenvalue weighted by atomic mass is 32.2. The van der Waals surface area contributed by atoms with Gasteiger partial charge in [-0.05, 0) is 6.92 Å². The van der Waals surface area contributed by atoms with Crippen LogP contribution in [0, 0.1) is 0 Å². The van der Waals surface area contributed by atoms with Crippen molar-refractivity contribution in [1.29, 1.82) is 0 Å². The summed E-state index contributed by atoms with van der Waals surface area (Å²) in [7, 11) is -1.26. The van der Waals surface area contributed by atoms with Crippen LogP contribution in [0.1, 0.15) is 17.3 Å². The highest BCUT2D eigenvalue weighted by Crippen LogP contribution is 2.19. The van der Waals surface area contributed by atoms with Crippen molar-refractivity contribution >= 4 is 16.8 Å². The molecule has 1 unspecified atom stereocenters. The van der Waals surface area contributed by atoms with Gasteiger partial charge < -0.3 is 9.47 Å². The van der Waals surface area contributed by atoms with Crippen molar-refractivity contribution in [3.63, 3.8) is 0 Å². The second-order valence-electron chi connectivity index (χ2n) is 2.99. The fourth-order valence-electron chi connectivity index (χ4n) is 1.22. The van der Waals surface area contributed by atoms with Crippen LogP contribution in [0.5, 0.6) is 5.88 Å². The summed E-state index contributed by atoms with van der Waals surface area (Å²) < 4.78 is 21.5. The molecule has 1 atom stereocenters. The van der Waals surface area contributed by atoms with Gasteiger partial charge in [-0.25, -0.2) is 9.78 Å². The smallest absolute Gasteiger partial charge is 0.345 e. The van der Waals surface area contributed by atoms with Crippen LogP contribution in [0.25, 0.3) is 0 Å². The Morgan fingerprint density at radius 1 is 1.69 bits per heavy atom. The molecule has 1 aliphatic heterocycles. The zero-order chi connectivity index (χ0) is 11.5. The minimum absolute atomic E-state index is 0.148. The van der Waals surface area contributed by atoms with Gasteiger partial charge in [-0.2, -0.15) is 4.98 Å². The highest BCUT2D eigenvalue weighted by Gasteiger charge is 2.22. The molecule has 7 heteroatoms. The first-order valence-corrected chi connectivity index (χ1v) is 6.09. The number of esters is 1. The first-order valence-electron chi connectivity index (χ1n) is 4.77. The van der Waals surface area contributed by atoms with Gasteiger partial charge in [0.1, 0.15) is 12.2 Å². The van der Waals surface area contributed by atoms with Gasteiger partial charge in [0.2, 0.25) is 11.0 Å². The molecule has 0 aliphatic carbocycles. The Labute approximate surface area is 94.5 Å². The maximum Gasteiger partial charge on any atom is 0.345 e. The lowest BCUT2D eigenvalue weighted by molar-refractivity contribution is 0.0520. The van der Waals surface area contributed by atoms with Crippen LogP contribution in [0.4, 0.5) is 0 Å². The van der Waals surface area contributed by atoms with Crippen LogP contribution < -0.4 is 4.74 Å². The van der Waals surface area contributed by atoms with Crippen LogP contribution >= 0.6 is 0 Å². The molecule has 6 nitrogen and oxygen atoms in total. The van der Waals surface area contributed by atoms with Crippen molar-refractivity contribution in [2.75, 3.05) is 19.0 Å². The lowest BCUT2D eigenvalue weighted by Crippen LogP contribution is -2.09. The van der Waals surface area contributed by atoms with E-state index in [1.807, 2.05) is 0 Å². The molecule has 86 valence electrons. The SMILES string of the molecule is CCOC(=O)c1cnc2nc1OCCS2=O. The van der Waals surface area contributed by atoms with E-state index in [0.29, 0.717) is 5.75 Å². The average molecular weight is 242 g/mol. The molecule has 1 aromatic rings. The fraction of sp³-hybridized carbons (Fsp3) is 0.444. The van der Waals surface area contributed by atoms with Gasteiger partial charge in [-0.3, -0.25) is 4.21 Å². The Morgan fingerprint density at radius 3 is 3.25 bits per heavy atom. The molecule has 0 N–H and O–H groups in total. The number of aromatic nitrogens is 2. The number of hydrogen-bond acceptors (Lipinski definition) is 6. The van der Waals surface area contributed by atoms with E-state index in [1.165, 1.54) is 6.20 Å². The van der Waals surface area contributed by atoms with Gasteiger partial charge in [0.25, 0.3) is 0 Å². The predicted octanol–water partition coefficient (Wildman–Crippen LogP) is 0.153. The number of fused-ring (bicyclic) bond motifs is 2. The molecule has 0 amide bonds. The second-order valence-corrected chi connectivity index (χ2v) is 4.45. The summed E-state index contributed by atoms with van der Waals surface area (Å²) in [5, 5.41) is 0.195. The zero-order valence-electron chi connectivity index (χ0n) is 8.63. The van der Waals surface area contributed by atoms with Crippen LogP contribution in [0.15, 0.2) is 11.4 Å². The summed E-state index contributed by atoms with van der Waals surface area (Å²) in [6.07, 6.45) is 1.29. The van der Waals surface area contributed by atoms with E-state index in [-0.39, 0.29) is 29.8 Å². The van der Waals surface area contributed by atoms with Gasteiger partial charge in [-0.1, -0.05) is 0 Å². The third kappa shape index (κ3) is 2.04. The number of carbonyl (C=O) groups is 1. The van der Waals surface area contributed by atoms with Crippen LogP contribution in [0.2, 0.25) is 0 Å². The van der Waals surface area contributed by atoms with E-state index in [1.54, 1.807) is 6.92 Å². The van der Waals surface area contributed by atoms with E-state index in [2.05, 4.69) is 9.97 Å². The molecule has 2 rings (SSSR count).